The highest BCUT2D eigenvalue weighted by molar-refractivity contribution is 5.79. The first-order valence-electron chi connectivity index (χ1n) is 8.69. The minimum Gasteiger partial charge on any atom is -0.356 e. The van der Waals surface area contributed by atoms with Crippen LogP contribution < -0.4 is 16.1 Å². The summed E-state index contributed by atoms with van der Waals surface area (Å²) < 4.78 is 2.62. The number of hydrogen-bond acceptors (Lipinski definition) is 4. The summed E-state index contributed by atoms with van der Waals surface area (Å²) in [5, 5.41) is 0. The lowest BCUT2D eigenvalue weighted by molar-refractivity contribution is -0.139. The van der Waals surface area contributed by atoms with Gasteiger partial charge in [0.2, 0.25) is 5.91 Å². The van der Waals surface area contributed by atoms with Crippen molar-refractivity contribution in [3.63, 3.8) is 0 Å². The van der Waals surface area contributed by atoms with Gasteiger partial charge in [0.05, 0.1) is 0 Å². The molecule has 1 aliphatic heterocycles. The van der Waals surface area contributed by atoms with Crippen LogP contribution in [0.4, 0.5) is 5.82 Å². The highest BCUT2D eigenvalue weighted by atomic mass is 16.2. The van der Waals surface area contributed by atoms with Gasteiger partial charge in [0, 0.05) is 52.3 Å². The number of piperidine rings is 1. The van der Waals surface area contributed by atoms with Crippen molar-refractivity contribution in [2.45, 2.75) is 38.1 Å². The van der Waals surface area contributed by atoms with Gasteiger partial charge in [-0.25, -0.2) is 4.79 Å². The monoisotopic (exact) mass is 334 g/mol. The van der Waals surface area contributed by atoms with Crippen molar-refractivity contribution in [2.75, 3.05) is 25.0 Å². The molecule has 1 saturated heterocycles. The lowest BCUT2D eigenvalue weighted by atomic mass is 9.84. The van der Waals surface area contributed by atoms with Crippen LogP contribution in [0, 0.1) is 5.92 Å². The molecule has 0 spiro atoms. The Morgan fingerprint density at radius 3 is 2.46 bits per heavy atom. The number of carbonyl (C=O) groups excluding carboxylic acids is 1. The second-order valence-electron chi connectivity index (χ2n) is 7.06. The van der Waals surface area contributed by atoms with Crippen LogP contribution in [0.25, 0.3) is 0 Å². The molecule has 1 unspecified atom stereocenters. The maximum atomic E-state index is 12.5. The second kappa shape index (κ2) is 6.45. The van der Waals surface area contributed by atoms with Crippen molar-refractivity contribution < 1.29 is 4.79 Å². The molecular weight excluding hydrogens is 308 g/mol. The van der Waals surface area contributed by atoms with Gasteiger partial charge in [0.1, 0.15) is 5.82 Å². The Bertz CT molecular complexity index is 747. The number of carbonyl (C=O) groups is 1. The summed E-state index contributed by atoms with van der Waals surface area (Å²) in [5.74, 6) is 1.07. The largest absolute Gasteiger partial charge is 0.356 e. The van der Waals surface area contributed by atoms with E-state index in [1.165, 1.54) is 17.7 Å². The van der Waals surface area contributed by atoms with Crippen LogP contribution in [0.1, 0.15) is 32.1 Å². The standard InChI is InChI=1S/C17H26N4O3/c1-18(16(23)12-6-4-7-12)13-8-5-9-21(11-13)14-10-15(22)20(3)17(24)19(14)2/h10,12-13H,4-9,11H2,1-3H3. The average molecular weight is 334 g/mol. The van der Waals surface area contributed by atoms with Crippen molar-refractivity contribution in [1.82, 2.24) is 14.0 Å². The normalized spacial score (nSPS) is 21.5. The van der Waals surface area contributed by atoms with Crippen LogP contribution in [0.3, 0.4) is 0 Å². The molecular formula is C17H26N4O3. The molecule has 24 heavy (non-hydrogen) atoms. The second-order valence-corrected chi connectivity index (χ2v) is 7.06. The van der Waals surface area contributed by atoms with Crippen molar-refractivity contribution in [1.29, 1.82) is 0 Å². The Morgan fingerprint density at radius 2 is 1.83 bits per heavy atom. The molecule has 1 saturated carbocycles. The molecule has 1 aliphatic carbocycles. The van der Waals surface area contributed by atoms with Crippen LogP contribution in [0.15, 0.2) is 15.7 Å². The molecule has 7 heteroatoms. The van der Waals surface area contributed by atoms with Crippen LogP contribution in [-0.2, 0) is 18.9 Å². The number of hydrogen-bond donors (Lipinski definition) is 0. The average Bonchev–Trinajstić information content (AvgIpc) is 2.54. The summed E-state index contributed by atoms with van der Waals surface area (Å²) in [4.78, 5) is 40.5. The van der Waals surface area contributed by atoms with Gasteiger partial charge in [-0.15, -0.1) is 0 Å². The first-order valence-corrected chi connectivity index (χ1v) is 8.69. The van der Waals surface area contributed by atoms with E-state index in [9.17, 15) is 14.4 Å². The highest BCUT2D eigenvalue weighted by Crippen LogP contribution is 2.29. The predicted molar refractivity (Wildman–Crippen MR) is 92.3 cm³/mol. The highest BCUT2D eigenvalue weighted by Gasteiger charge is 2.33. The molecule has 2 fully saturated rings. The Hall–Kier alpha value is -2.05. The van der Waals surface area contributed by atoms with Gasteiger partial charge >= 0.3 is 5.69 Å². The molecule has 0 N–H and O–H groups in total. The molecule has 1 aromatic rings. The summed E-state index contributed by atoms with van der Waals surface area (Å²) in [7, 11) is 5.06. The van der Waals surface area contributed by atoms with Crippen molar-refractivity contribution in [3.05, 3.63) is 26.9 Å². The van der Waals surface area contributed by atoms with E-state index in [1.54, 1.807) is 7.05 Å². The molecule has 0 bridgehead atoms. The number of anilines is 1. The minimum absolute atomic E-state index is 0.131. The van der Waals surface area contributed by atoms with Gasteiger partial charge < -0.3 is 9.80 Å². The zero-order valence-corrected chi connectivity index (χ0v) is 14.7. The van der Waals surface area contributed by atoms with Crippen LogP contribution in [0.2, 0.25) is 0 Å². The zero-order chi connectivity index (χ0) is 17.4. The molecule has 1 atom stereocenters. The van der Waals surface area contributed by atoms with Crippen LogP contribution >= 0.6 is 0 Å². The third-order valence-corrected chi connectivity index (χ3v) is 5.57. The Kier molecular flexibility index (Phi) is 4.51. The lowest BCUT2D eigenvalue weighted by Crippen LogP contribution is -2.52. The molecule has 1 aromatic heterocycles. The number of likely N-dealkylation sites (N-methyl/N-ethyl adjacent to an activating group) is 1. The van der Waals surface area contributed by atoms with E-state index >= 15 is 0 Å². The SMILES string of the molecule is CN(C(=O)C1CCC1)C1CCCN(c2cc(=O)n(C)c(=O)n2C)C1. The topological polar surface area (TPSA) is 67.6 Å². The first kappa shape index (κ1) is 16.8. The molecule has 0 radical (unpaired) electrons. The molecule has 1 amide bonds. The van der Waals surface area contributed by atoms with Gasteiger partial charge in [-0.3, -0.25) is 18.7 Å². The van der Waals surface area contributed by atoms with E-state index in [1.807, 2.05) is 11.9 Å². The maximum absolute atomic E-state index is 12.5. The summed E-state index contributed by atoms with van der Waals surface area (Å²) in [6, 6.07) is 1.64. The fraction of sp³-hybridized carbons (Fsp3) is 0.706. The van der Waals surface area contributed by atoms with Crippen molar-refractivity contribution >= 4 is 11.7 Å². The third kappa shape index (κ3) is 2.87. The van der Waals surface area contributed by atoms with E-state index in [-0.39, 0.29) is 29.1 Å². The van der Waals surface area contributed by atoms with E-state index in [2.05, 4.69) is 4.90 Å². The fourth-order valence-electron chi connectivity index (χ4n) is 3.63. The van der Waals surface area contributed by atoms with Gasteiger partial charge in [0.25, 0.3) is 5.56 Å². The molecule has 2 aliphatic rings. The summed E-state index contributed by atoms with van der Waals surface area (Å²) in [6.45, 7) is 1.46. The minimum atomic E-state index is -0.321. The Labute approximate surface area is 141 Å². The van der Waals surface area contributed by atoms with Crippen molar-refractivity contribution in [3.8, 4) is 0 Å². The summed E-state index contributed by atoms with van der Waals surface area (Å²) in [6.07, 6.45) is 5.06. The molecule has 3 rings (SSSR count). The van der Waals surface area contributed by atoms with Gasteiger partial charge in [-0.05, 0) is 25.7 Å². The van der Waals surface area contributed by atoms with E-state index in [0.717, 1.165) is 43.2 Å². The van der Waals surface area contributed by atoms with E-state index < -0.39 is 0 Å². The number of aromatic nitrogens is 2. The number of nitrogens with zero attached hydrogens (tertiary/aromatic N) is 4. The number of rotatable bonds is 3. The summed E-state index contributed by atoms with van der Waals surface area (Å²) in [5.41, 5.74) is -0.618. The van der Waals surface area contributed by atoms with E-state index in [4.69, 9.17) is 0 Å². The van der Waals surface area contributed by atoms with Crippen molar-refractivity contribution in [2.24, 2.45) is 20.0 Å². The third-order valence-electron chi connectivity index (χ3n) is 5.57. The van der Waals surface area contributed by atoms with Gasteiger partial charge in [-0.2, -0.15) is 0 Å². The maximum Gasteiger partial charge on any atom is 0.332 e. The smallest absolute Gasteiger partial charge is 0.332 e. The predicted octanol–water partition coefficient (Wildman–Crippen LogP) is 0.311. The lowest BCUT2D eigenvalue weighted by Gasteiger charge is -2.41. The van der Waals surface area contributed by atoms with Crippen LogP contribution in [0.5, 0.6) is 0 Å². The fourth-order valence-corrected chi connectivity index (χ4v) is 3.63. The molecule has 132 valence electrons. The Morgan fingerprint density at radius 1 is 1.12 bits per heavy atom. The quantitative estimate of drug-likeness (QED) is 0.798. The number of amides is 1. The molecule has 2 heterocycles. The molecule has 7 nitrogen and oxygen atoms in total. The van der Waals surface area contributed by atoms with E-state index in [0.29, 0.717) is 12.4 Å². The Balaban J connectivity index is 1.80. The van der Waals surface area contributed by atoms with Gasteiger partial charge in [0.15, 0.2) is 0 Å². The first-order chi connectivity index (χ1) is 11.4. The zero-order valence-electron chi connectivity index (χ0n) is 14.7. The van der Waals surface area contributed by atoms with Crippen LogP contribution in [-0.4, -0.2) is 46.1 Å². The molecule has 0 aromatic carbocycles. The summed E-state index contributed by atoms with van der Waals surface area (Å²) >= 11 is 0. The van der Waals surface area contributed by atoms with Gasteiger partial charge in [-0.1, -0.05) is 6.42 Å².